The van der Waals surface area contributed by atoms with E-state index in [1.165, 1.54) is 5.69 Å². The van der Waals surface area contributed by atoms with Gasteiger partial charge >= 0.3 is 0 Å². The SMILES string of the molecule is CN=C(NCCS(=O)(=O)C(C)(C)C)N1CCN(c2ccccc2)CC1.I. The van der Waals surface area contributed by atoms with Crippen LogP contribution in [0.25, 0.3) is 0 Å². The molecule has 0 aliphatic carbocycles. The Hall–Kier alpha value is -1.03. The summed E-state index contributed by atoms with van der Waals surface area (Å²) in [5.74, 6) is 0.885. The van der Waals surface area contributed by atoms with Crippen molar-refractivity contribution in [3.05, 3.63) is 30.3 Å². The van der Waals surface area contributed by atoms with Crippen molar-refractivity contribution >= 4 is 45.5 Å². The van der Waals surface area contributed by atoms with Crippen LogP contribution in [0.4, 0.5) is 5.69 Å². The molecule has 0 unspecified atom stereocenters. The summed E-state index contributed by atoms with van der Waals surface area (Å²) in [4.78, 5) is 8.85. The molecule has 1 saturated heterocycles. The molecule has 2 rings (SSSR count). The molecule has 1 aliphatic rings. The number of sulfone groups is 1. The van der Waals surface area contributed by atoms with E-state index < -0.39 is 14.6 Å². The van der Waals surface area contributed by atoms with Crippen molar-refractivity contribution in [3.8, 4) is 0 Å². The summed E-state index contributed by atoms with van der Waals surface area (Å²) in [5, 5.41) is 3.20. The smallest absolute Gasteiger partial charge is 0.193 e. The molecule has 1 fully saturated rings. The second-order valence-corrected chi connectivity index (χ2v) is 10.1. The topological polar surface area (TPSA) is 65.0 Å². The normalized spacial score (nSPS) is 16.2. The Morgan fingerprint density at radius 1 is 1.12 bits per heavy atom. The number of guanidine groups is 1. The lowest BCUT2D eigenvalue weighted by atomic mass is 10.2. The number of halogens is 1. The third-order valence-electron chi connectivity index (χ3n) is 4.50. The van der Waals surface area contributed by atoms with E-state index in [1.807, 2.05) is 6.07 Å². The standard InChI is InChI=1S/C18H30N4O2S.HI/c1-18(2,3)25(23,24)15-10-20-17(19-4)22-13-11-21(12-14-22)16-8-6-5-7-9-16;/h5-9H,10-15H2,1-4H3,(H,19,20);1H. The molecule has 1 aromatic rings. The van der Waals surface area contributed by atoms with Gasteiger partial charge in [-0.05, 0) is 32.9 Å². The van der Waals surface area contributed by atoms with Crippen LogP contribution in [-0.4, -0.2) is 69.5 Å². The maximum atomic E-state index is 12.2. The number of nitrogens with one attached hydrogen (secondary N) is 1. The molecule has 0 saturated carbocycles. The summed E-state index contributed by atoms with van der Waals surface area (Å²) >= 11 is 0. The van der Waals surface area contributed by atoms with Crippen molar-refractivity contribution in [2.24, 2.45) is 4.99 Å². The molecule has 0 atom stereocenters. The first-order valence-electron chi connectivity index (χ1n) is 8.72. The average Bonchev–Trinajstić information content (AvgIpc) is 2.59. The number of nitrogens with zero attached hydrogens (tertiary/aromatic N) is 3. The minimum absolute atomic E-state index is 0. The largest absolute Gasteiger partial charge is 0.368 e. The van der Waals surface area contributed by atoms with E-state index in [-0.39, 0.29) is 29.7 Å². The number of hydrogen-bond donors (Lipinski definition) is 1. The van der Waals surface area contributed by atoms with Crippen LogP contribution in [0.15, 0.2) is 35.3 Å². The number of aliphatic imine (C=N–C) groups is 1. The number of rotatable bonds is 4. The van der Waals surface area contributed by atoms with Crippen LogP contribution in [0.1, 0.15) is 20.8 Å². The highest BCUT2D eigenvalue weighted by Gasteiger charge is 2.28. The molecular formula is C18H31IN4O2S. The Morgan fingerprint density at radius 2 is 1.69 bits per heavy atom. The number of piperazine rings is 1. The fraction of sp³-hybridized carbons (Fsp3) is 0.611. The lowest BCUT2D eigenvalue weighted by molar-refractivity contribution is 0.373. The summed E-state index contributed by atoms with van der Waals surface area (Å²) in [6, 6.07) is 10.4. The molecule has 0 aromatic heterocycles. The van der Waals surface area contributed by atoms with Crippen LogP contribution < -0.4 is 10.2 Å². The summed E-state index contributed by atoms with van der Waals surface area (Å²) in [5.41, 5.74) is 1.24. The predicted molar refractivity (Wildman–Crippen MR) is 121 cm³/mol. The van der Waals surface area contributed by atoms with Crippen LogP contribution in [0.5, 0.6) is 0 Å². The molecule has 148 valence electrons. The van der Waals surface area contributed by atoms with Gasteiger partial charge in [0, 0.05) is 45.5 Å². The predicted octanol–water partition coefficient (Wildman–Crippen LogP) is 2.22. The Kier molecular flexibility index (Phi) is 8.65. The molecule has 1 heterocycles. The Balaban J connectivity index is 0.00000338. The van der Waals surface area contributed by atoms with Gasteiger partial charge in [0.1, 0.15) is 0 Å². The Bertz CT molecular complexity index is 679. The Labute approximate surface area is 175 Å². The van der Waals surface area contributed by atoms with E-state index in [0.29, 0.717) is 6.54 Å². The maximum Gasteiger partial charge on any atom is 0.193 e. The third kappa shape index (κ3) is 6.00. The zero-order chi connectivity index (χ0) is 18.5. The van der Waals surface area contributed by atoms with Crippen LogP contribution in [0.2, 0.25) is 0 Å². The first kappa shape index (κ1) is 23.0. The van der Waals surface area contributed by atoms with Gasteiger partial charge in [-0.1, -0.05) is 18.2 Å². The second-order valence-electron chi connectivity index (χ2n) is 7.21. The number of benzene rings is 1. The minimum atomic E-state index is -3.12. The first-order valence-corrected chi connectivity index (χ1v) is 10.4. The van der Waals surface area contributed by atoms with E-state index in [4.69, 9.17) is 0 Å². The Morgan fingerprint density at radius 3 is 2.19 bits per heavy atom. The van der Waals surface area contributed by atoms with E-state index in [9.17, 15) is 8.42 Å². The van der Waals surface area contributed by atoms with Gasteiger partial charge < -0.3 is 15.1 Å². The molecule has 6 nitrogen and oxygen atoms in total. The molecule has 26 heavy (non-hydrogen) atoms. The van der Waals surface area contributed by atoms with Crippen LogP contribution in [0.3, 0.4) is 0 Å². The third-order valence-corrected chi connectivity index (χ3v) is 7.11. The number of hydrogen-bond acceptors (Lipinski definition) is 4. The molecule has 1 N–H and O–H groups in total. The van der Waals surface area contributed by atoms with E-state index in [0.717, 1.165) is 32.1 Å². The summed E-state index contributed by atoms with van der Waals surface area (Å²) in [7, 11) is -1.38. The zero-order valence-electron chi connectivity index (χ0n) is 16.1. The first-order chi connectivity index (χ1) is 11.7. The summed E-state index contributed by atoms with van der Waals surface area (Å²) < 4.78 is 23.7. The van der Waals surface area contributed by atoms with Crippen molar-refractivity contribution in [3.63, 3.8) is 0 Å². The van der Waals surface area contributed by atoms with E-state index in [2.05, 4.69) is 44.4 Å². The molecule has 1 aliphatic heterocycles. The molecule has 8 heteroatoms. The highest BCUT2D eigenvalue weighted by atomic mass is 127. The van der Waals surface area contributed by atoms with Gasteiger partial charge in [0.25, 0.3) is 0 Å². The quantitative estimate of drug-likeness (QED) is 0.395. The summed E-state index contributed by atoms with van der Waals surface area (Å²) in [6.07, 6.45) is 0. The van der Waals surface area contributed by atoms with Gasteiger partial charge in [-0.15, -0.1) is 24.0 Å². The van der Waals surface area contributed by atoms with Crippen molar-refractivity contribution in [1.29, 1.82) is 0 Å². The van der Waals surface area contributed by atoms with Crippen molar-refractivity contribution < 1.29 is 8.42 Å². The fourth-order valence-electron chi connectivity index (χ4n) is 2.75. The van der Waals surface area contributed by atoms with Gasteiger partial charge in [-0.3, -0.25) is 4.99 Å². The van der Waals surface area contributed by atoms with Crippen molar-refractivity contribution in [2.75, 3.05) is 50.4 Å². The summed E-state index contributed by atoms with van der Waals surface area (Å²) in [6.45, 7) is 9.15. The molecule has 0 spiro atoms. The zero-order valence-corrected chi connectivity index (χ0v) is 19.3. The van der Waals surface area contributed by atoms with Crippen molar-refractivity contribution in [1.82, 2.24) is 10.2 Å². The van der Waals surface area contributed by atoms with Gasteiger partial charge in [0.15, 0.2) is 15.8 Å². The monoisotopic (exact) mass is 494 g/mol. The van der Waals surface area contributed by atoms with Crippen molar-refractivity contribution in [2.45, 2.75) is 25.5 Å². The molecular weight excluding hydrogens is 463 g/mol. The molecule has 0 amide bonds. The highest BCUT2D eigenvalue weighted by molar-refractivity contribution is 14.0. The lowest BCUT2D eigenvalue weighted by Crippen LogP contribution is -2.53. The van der Waals surface area contributed by atoms with Gasteiger partial charge in [0.2, 0.25) is 0 Å². The second kappa shape index (κ2) is 9.77. The minimum Gasteiger partial charge on any atom is -0.368 e. The molecule has 0 bridgehead atoms. The maximum absolute atomic E-state index is 12.2. The lowest BCUT2D eigenvalue weighted by Gasteiger charge is -2.37. The molecule has 0 radical (unpaired) electrons. The van der Waals surface area contributed by atoms with Gasteiger partial charge in [-0.2, -0.15) is 0 Å². The van der Waals surface area contributed by atoms with E-state index in [1.54, 1.807) is 27.8 Å². The van der Waals surface area contributed by atoms with Crippen LogP contribution >= 0.6 is 24.0 Å². The van der Waals surface area contributed by atoms with Gasteiger partial charge in [0.05, 0.1) is 10.5 Å². The number of anilines is 1. The van der Waals surface area contributed by atoms with E-state index >= 15 is 0 Å². The highest BCUT2D eigenvalue weighted by Crippen LogP contribution is 2.16. The van der Waals surface area contributed by atoms with Crippen LogP contribution in [-0.2, 0) is 9.84 Å². The molecule has 1 aromatic carbocycles. The average molecular weight is 494 g/mol. The van der Waals surface area contributed by atoms with Crippen LogP contribution in [0, 0.1) is 0 Å². The fourth-order valence-corrected chi connectivity index (χ4v) is 3.73. The van der Waals surface area contributed by atoms with Gasteiger partial charge in [-0.25, -0.2) is 8.42 Å². The number of para-hydroxylation sites is 1.